The van der Waals surface area contributed by atoms with Gasteiger partial charge in [0.05, 0.1) is 19.2 Å². The zero-order chi connectivity index (χ0) is 12.4. The van der Waals surface area contributed by atoms with Gasteiger partial charge in [-0.15, -0.1) is 0 Å². The summed E-state index contributed by atoms with van der Waals surface area (Å²) in [7, 11) is 1.32. The number of hydrogen-bond donors (Lipinski definition) is 2. The van der Waals surface area contributed by atoms with Crippen molar-refractivity contribution in [1.82, 2.24) is 4.98 Å². The number of esters is 1. The van der Waals surface area contributed by atoms with Crippen LogP contribution in [0.4, 0.5) is 0 Å². The van der Waals surface area contributed by atoms with E-state index in [1.165, 1.54) is 13.2 Å². The smallest absolute Gasteiger partial charge is 0.354 e. The molecule has 0 aliphatic heterocycles. The van der Waals surface area contributed by atoms with Gasteiger partial charge < -0.3 is 19.6 Å². The highest BCUT2D eigenvalue weighted by molar-refractivity contribution is 5.95. The third-order valence-electron chi connectivity index (χ3n) is 2.41. The molecule has 2 N–H and O–H groups in total. The average molecular weight is 235 g/mol. The van der Waals surface area contributed by atoms with Crippen molar-refractivity contribution in [2.45, 2.75) is 6.92 Å². The van der Waals surface area contributed by atoms with E-state index in [0.29, 0.717) is 23.6 Å². The Labute approximate surface area is 98.0 Å². The van der Waals surface area contributed by atoms with E-state index in [9.17, 15) is 9.90 Å². The number of fused-ring (bicyclic) bond motifs is 1. The molecule has 1 aromatic heterocycles. The predicted molar refractivity (Wildman–Crippen MR) is 62.5 cm³/mol. The van der Waals surface area contributed by atoms with Crippen molar-refractivity contribution in [3.05, 3.63) is 23.9 Å². The average Bonchev–Trinajstić information content (AvgIpc) is 2.71. The zero-order valence-corrected chi connectivity index (χ0v) is 9.61. The van der Waals surface area contributed by atoms with Crippen LogP contribution in [0.15, 0.2) is 18.2 Å². The lowest BCUT2D eigenvalue weighted by molar-refractivity contribution is 0.0595. The number of aromatic amines is 1. The SMILES string of the molecule is CCOc1cc2cc(C(=O)OC)[nH]c2cc1O. The van der Waals surface area contributed by atoms with Gasteiger partial charge in [0, 0.05) is 11.5 Å². The minimum absolute atomic E-state index is 0.0395. The molecule has 0 radical (unpaired) electrons. The molecule has 0 fully saturated rings. The minimum Gasteiger partial charge on any atom is -0.504 e. The van der Waals surface area contributed by atoms with Crippen molar-refractivity contribution >= 4 is 16.9 Å². The molecule has 2 aromatic rings. The first-order valence-corrected chi connectivity index (χ1v) is 5.22. The Kier molecular flexibility index (Phi) is 2.91. The molecular weight excluding hydrogens is 222 g/mol. The standard InChI is InChI=1S/C12H13NO4/c1-3-17-11-5-7-4-9(12(15)16-2)13-8(7)6-10(11)14/h4-6,13-14H,3H2,1-2H3. The van der Waals surface area contributed by atoms with Crippen molar-refractivity contribution in [2.75, 3.05) is 13.7 Å². The quantitative estimate of drug-likeness (QED) is 0.799. The highest BCUT2D eigenvalue weighted by Crippen LogP contribution is 2.31. The molecule has 0 saturated carbocycles. The van der Waals surface area contributed by atoms with E-state index in [-0.39, 0.29) is 5.75 Å². The normalized spacial score (nSPS) is 10.5. The van der Waals surface area contributed by atoms with Gasteiger partial charge in [-0.2, -0.15) is 0 Å². The molecule has 90 valence electrons. The maximum Gasteiger partial charge on any atom is 0.354 e. The summed E-state index contributed by atoms with van der Waals surface area (Å²) in [5.41, 5.74) is 1.00. The van der Waals surface area contributed by atoms with Gasteiger partial charge >= 0.3 is 5.97 Å². The maximum atomic E-state index is 11.3. The molecule has 1 heterocycles. The molecule has 17 heavy (non-hydrogen) atoms. The van der Waals surface area contributed by atoms with Crippen LogP contribution in [0.1, 0.15) is 17.4 Å². The van der Waals surface area contributed by atoms with Crippen LogP contribution < -0.4 is 4.74 Å². The van der Waals surface area contributed by atoms with Gasteiger partial charge in [0.1, 0.15) is 5.69 Å². The zero-order valence-electron chi connectivity index (χ0n) is 9.61. The van der Waals surface area contributed by atoms with Crippen molar-refractivity contribution in [3.63, 3.8) is 0 Å². The molecule has 2 rings (SSSR count). The van der Waals surface area contributed by atoms with Crippen LogP contribution in [0, 0.1) is 0 Å². The number of nitrogens with one attached hydrogen (secondary N) is 1. The predicted octanol–water partition coefficient (Wildman–Crippen LogP) is 2.06. The molecule has 0 spiro atoms. The molecule has 0 unspecified atom stereocenters. The number of ether oxygens (including phenoxy) is 2. The number of phenols is 1. The fraction of sp³-hybridized carbons (Fsp3) is 0.250. The summed E-state index contributed by atoms with van der Waals surface area (Å²) in [4.78, 5) is 14.2. The minimum atomic E-state index is -0.446. The lowest BCUT2D eigenvalue weighted by atomic mass is 10.2. The van der Waals surface area contributed by atoms with E-state index in [1.54, 1.807) is 12.1 Å². The maximum absolute atomic E-state index is 11.3. The van der Waals surface area contributed by atoms with Crippen LogP contribution in [-0.4, -0.2) is 29.8 Å². The lowest BCUT2D eigenvalue weighted by Crippen LogP contribution is -2.00. The molecule has 0 atom stereocenters. The summed E-state index contributed by atoms with van der Waals surface area (Å²) in [5, 5.41) is 10.5. The lowest BCUT2D eigenvalue weighted by Gasteiger charge is -2.04. The van der Waals surface area contributed by atoms with Crippen molar-refractivity contribution in [3.8, 4) is 11.5 Å². The summed E-state index contributed by atoms with van der Waals surface area (Å²) in [6, 6.07) is 4.85. The van der Waals surface area contributed by atoms with E-state index in [0.717, 1.165) is 5.39 Å². The number of methoxy groups -OCH3 is 1. The van der Waals surface area contributed by atoms with Gasteiger partial charge in [-0.25, -0.2) is 4.79 Å². The van der Waals surface area contributed by atoms with Crippen LogP contribution in [-0.2, 0) is 4.74 Å². The van der Waals surface area contributed by atoms with Crippen molar-refractivity contribution < 1.29 is 19.4 Å². The van der Waals surface area contributed by atoms with Crippen LogP contribution in [0.2, 0.25) is 0 Å². The number of carbonyl (C=O) groups is 1. The van der Waals surface area contributed by atoms with Crippen LogP contribution in [0.25, 0.3) is 10.9 Å². The fourth-order valence-corrected chi connectivity index (χ4v) is 1.64. The van der Waals surface area contributed by atoms with Gasteiger partial charge in [-0.3, -0.25) is 0 Å². The molecule has 0 bridgehead atoms. The van der Waals surface area contributed by atoms with Gasteiger partial charge in [0.15, 0.2) is 11.5 Å². The van der Waals surface area contributed by atoms with Crippen molar-refractivity contribution in [2.24, 2.45) is 0 Å². The first kappa shape index (κ1) is 11.3. The first-order chi connectivity index (χ1) is 8.15. The number of rotatable bonds is 3. The third-order valence-corrected chi connectivity index (χ3v) is 2.41. The summed E-state index contributed by atoms with van der Waals surface area (Å²) < 4.78 is 9.87. The first-order valence-electron chi connectivity index (χ1n) is 5.22. The van der Waals surface area contributed by atoms with E-state index in [1.807, 2.05) is 6.92 Å². The van der Waals surface area contributed by atoms with Gasteiger partial charge in [0.2, 0.25) is 0 Å². The number of H-pyrrole nitrogens is 1. The molecule has 0 amide bonds. The summed E-state index contributed by atoms with van der Waals surface area (Å²) in [5.74, 6) is -0.00770. The number of benzene rings is 1. The second-order valence-corrected chi connectivity index (χ2v) is 3.51. The molecule has 1 aromatic carbocycles. The Bertz CT molecular complexity index is 559. The monoisotopic (exact) mass is 235 g/mol. The fourth-order valence-electron chi connectivity index (χ4n) is 1.64. The highest BCUT2D eigenvalue weighted by atomic mass is 16.5. The van der Waals surface area contributed by atoms with Gasteiger partial charge in [0.25, 0.3) is 0 Å². The Hall–Kier alpha value is -2.17. The van der Waals surface area contributed by atoms with E-state index in [2.05, 4.69) is 9.72 Å². The number of aromatic nitrogens is 1. The Morgan fingerprint density at radius 3 is 2.82 bits per heavy atom. The Morgan fingerprint density at radius 2 is 2.18 bits per heavy atom. The number of phenolic OH excluding ortho intramolecular Hbond substituents is 1. The third kappa shape index (κ3) is 2.04. The molecule has 0 aliphatic rings. The van der Waals surface area contributed by atoms with Crippen LogP contribution in [0.3, 0.4) is 0 Å². The summed E-state index contributed by atoms with van der Waals surface area (Å²) in [6.45, 7) is 2.30. The number of aromatic hydroxyl groups is 1. The van der Waals surface area contributed by atoms with Crippen molar-refractivity contribution in [1.29, 1.82) is 0 Å². The van der Waals surface area contributed by atoms with Gasteiger partial charge in [-0.05, 0) is 19.1 Å². The van der Waals surface area contributed by atoms with E-state index >= 15 is 0 Å². The summed E-state index contributed by atoms with van der Waals surface area (Å²) >= 11 is 0. The van der Waals surface area contributed by atoms with E-state index < -0.39 is 5.97 Å². The second kappa shape index (κ2) is 4.37. The highest BCUT2D eigenvalue weighted by Gasteiger charge is 2.12. The molecule has 5 heteroatoms. The number of carbonyl (C=O) groups excluding carboxylic acids is 1. The number of hydrogen-bond acceptors (Lipinski definition) is 4. The van der Waals surface area contributed by atoms with Crippen LogP contribution in [0.5, 0.6) is 11.5 Å². The Balaban J connectivity index is 2.50. The molecule has 0 saturated heterocycles. The van der Waals surface area contributed by atoms with Gasteiger partial charge in [-0.1, -0.05) is 0 Å². The largest absolute Gasteiger partial charge is 0.504 e. The topological polar surface area (TPSA) is 71.5 Å². The second-order valence-electron chi connectivity index (χ2n) is 3.51. The van der Waals surface area contributed by atoms with Crippen LogP contribution >= 0.6 is 0 Å². The van der Waals surface area contributed by atoms with E-state index in [4.69, 9.17) is 4.74 Å². The molecule has 0 aliphatic carbocycles. The molecular formula is C12H13NO4. The molecule has 5 nitrogen and oxygen atoms in total. The Morgan fingerprint density at radius 1 is 1.41 bits per heavy atom. The summed E-state index contributed by atoms with van der Waals surface area (Å²) in [6.07, 6.45) is 0.